The molecule has 0 unspecified atom stereocenters. The lowest BCUT2D eigenvalue weighted by molar-refractivity contribution is 0.390. The summed E-state index contributed by atoms with van der Waals surface area (Å²) < 4.78 is 33.5. The van der Waals surface area contributed by atoms with Crippen molar-refractivity contribution in [3.63, 3.8) is 0 Å². The maximum Gasteiger partial charge on any atom is 0.246 e. The highest BCUT2D eigenvalue weighted by Gasteiger charge is 2.24. The van der Waals surface area contributed by atoms with Gasteiger partial charge in [-0.25, -0.2) is 13.1 Å². The van der Waals surface area contributed by atoms with Gasteiger partial charge in [-0.2, -0.15) is 5.10 Å². The minimum Gasteiger partial charge on any atom is -0.360 e. The first kappa shape index (κ1) is 13.8. The third kappa shape index (κ3) is 2.69. The summed E-state index contributed by atoms with van der Waals surface area (Å²) in [5.74, 6) is 0.286. The van der Waals surface area contributed by atoms with Gasteiger partial charge in [0.05, 0.1) is 12.2 Å². The highest BCUT2D eigenvalue weighted by atomic mass is 32.2. The molecule has 7 nitrogen and oxygen atoms in total. The Bertz CT molecular complexity index is 652. The predicted molar refractivity (Wildman–Crippen MR) is 67.9 cm³/mol. The fourth-order valence-electron chi connectivity index (χ4n) is 1.89. The van der Waals surface area contributed by atoms with E-state index in [1.807, 2.05) is 6.92 Å². The Balaban J connectivity index is 2.19. The van der Waals surface area contributed by atoms with Crippen molar-refractivity contribution < 1.29 is 12.9 Å². The monoisotopic (exact) mass is 284 g/mol. The lowest BCUT2D eigenvalue weighted by Crippen LogP contribution is -2.25. The van der Waals surface area contributed by atoms with Crippen LogP contribution < -0.4 is 4.72 Å². The van der Waals surface area contributed by atoms with Crippen LogP contribution in [0.25, 0.3) is 0 Å². The van der Waals surface area contributed by atoms with E-state index in [0.29, 0.717) is 12.2 Å². The molecule has 0 aliphatic carbocycles. The van der Waals surface area contributed by atoms with Gasteiger partial charge in [0.2, 0.25) is 10.0 Å². The number of hydrogen-bond donors (Lipinski definition) is 1. The minimum absolute atomic E-state index is 0.107. The third-order valence-electron chi connectivity index (χ3n) is 2.78. The smallest absolute Gasteiger partial charge is 0.246 e. The fourth-order valence-corrected chi connectivity index (χ4v) is 3.22. The maximum absolute atomic E-state index is 12.2. The second-order valence-electron chi connectivity index (χ2n) is 4.12. The van der Waals surface area contributed by atoms with Gasteiger partial charge in [0.15, 0.2) is 5.76 Å². The molecule has 2 aromatic heterocycles. The molecule has 0 aliphatic rings. The van der Waals surface area contributed by atoms with E-state index in [9.17, 15) is 8.42 Å². The van der Waals surface area contributed by atoms with Crippen LogP contribution in [0.5, 0.6) is 0 Å². The first-order chi connectivity index (χ1) is 8.95. The van der Waals surface area contributed by atoms with Gasteiger partial charge in [-0.3, -0.25) is 4.68 Å². The van der Waals surface area contributed by atoms with Gasteiger partial charge in [-0.15, -0.1) is 0 Å². The van der Waals surface area contributed by atoms with Gasteiger partial charge in [-0.1, -0.05) is 5.16 Å². The molecule has 0 bridgehead atoms. The number of nitrogens with one attached hydrogen (secondary N) is 1. The molecule has 0 fully saturated rings. The van der Waals surface area contributed by atoms with Crippen molar-refractivity contribution in [2.45, 2.75) is 38.8 Å². The molecule has 8 heteroatoms. The van der Waals surface area contributed by atoms with Crippen LogP contribution in [0.15, 0.2) is 21.7 Å². The van der Waals surface area contributed by atoms with E-state index in [-0.39, 0.29) is 17.2 Å². The number of rotatable bonds is 5. The first-order valence-electron chi connectivity index (χ1n) is 5.89. The Hall–Kier alpha value is -1.67. The van der Waals surface area contributed by atoms with Crippen molar-refractivity contribution in [2.24, 2.45) is 0 Å². The van der Waals surface area contributed by atoms with Gasteiger partial charge >= 0.3 is 0 Å². The molecule has 0 saturated heterocycles. The summed E-state index contributed by atoms with van der Waals surface area (Å²) in [5.41, 5.74) is 1.16. The molecule has 2 heterocycles. The van der Waals surface area contributed by atoms with Crippen LogP contribution in [0.2, 0.25) is 0 Å². The zero-order valence-electron chi connectivity index (χ0n) is 11.0. The van der Waals surface area contributed by atoms with Crippen molar-refractivity contribution in [3.8, 4) is 0 Å². The second-order valence-corrected chi connectivity index (χ2v) is 5.82. The fraction of sp³-hybridized carbons (Fsp3) is 0.455. The molecule has 2 aromatic rings. The summed E-state index contributed by atoms with van der Waals surface area (Å²) in [7, 11) is -3.63. The molecule has 0 radical (unpaired) electrons. The van der Waals surface area contributed by atoms with Crippen LogP contribution in [0.4, 0.5) is 0 Å². The first-order valence-corrected chi connectivity index (χ1v) is 7.37. The molecule has 0 amide bonds. The number of sulfonamides is 1. The van der Waals surface area contributed by atoms with Crippen LogP contribution in [0.3, 0.4) is 0 Å². The summed E-state index contributed by atoms with van der Waals surface area (Å²) in [6.07, 6.45) is 1.64. The van der Waals surface area contributed by atoms with E-state index in [1.165, 1.54) is 0 Å². The van der Waals surface area contributed by atoms with E-state index in [1.54, 1.807) is 30.8 Å². The van der Waals surface area contributed by atoms with Crippen molar-refractivity contribution in [3.05, 3.63) is 29.4 Å². The number of aryl methyl sites for hydroxylation is 3. The molecule has 0 aliphatic heterocycles. The summed E-state index contributed by atoms with van der Waals surface area (Å²) in [4.78, 5) is 0.107. The second kappa shape index (κ2) is 5.14. The quantitative estimate of drug-likeness (QED) is 0.884. The van der Waals surface area contributed by atoms with E-state index in [0.717, 1.165) is 5.69 Å². The number of aromatic nitrogens is 3. The maximum atomic E-state index is 12.2. The molecule has 0 saturated carbocycles. The average molecular weight is 284 g/mol. The van der Waals surface area contributed by atoms with Crippen LogP contribution in [-0.2, 0) is 23.1 Å². The largest absolute Gasteiger partial charge is 0.360 e. The summed E-state index contributed by atoms with van der Waals surface area (Å²) in [6, 6.07) is 1.78. The van der Waals surface area contributed by atoms with E-state index in [2.05, 4.69) is 15.0 Å². The third-order valence-corrected chi connectivity index (χ3v) is 4.43. The van der Waals surface area contributed by atoms with Gasteiger partial charge < -0.3 is 4.52 Å². The molecule has 104 valence electrons. The topological polar surface area (TPSA) is 90.0 Å². The minimum atomic E-state index is -3.63. The van der Waals surface area contributed by atoms with Crippen LogP contribution in [0.1, 0.15) is 24.1 Å². The predicted octanol–water partition coefficient (Wildman–Crippen LogP) is 0.986. The van der Waals surface area contributed by atoms with Crippen LogP contribution in [-0.4, -0.2) is 23.4 Å². The highest BCUT2D eigenvalue weighted by Crippen LogP contribution is 2.18. The Labute approximate surface area is 111 Å². The van der Waals surface area contributed by atoms with Crippen molar-refractivity contribution >= 4 is 10.0 Å². The van der Waals surface area contributed by atoms with Gasteiger partial charge in [-0.05, 0) is 26.8 Å². The van der Waals surface area contributed by atoms with Gasteiger partial charge in [0.25, 0.3) is 0 Å². The normalized spacial score (nSPS) is 11.9. The molecule has 0 atom stereocenters. The number of nitrogens with zero attached hydrogens (tertiary/aromatic N) is 3. The Morgan fingerprint density at radius 2 is 2.16 bits per heavy atom. The Morgan fingerprint density at radius 3 is 2.74 bits per heavy atom. The van der Waals surface area contributed by atoms with Crippen LogP contribution in [0, 0.1) is 13.8 Å². The van der Waals surface area contributed by atoms with Crippen molar-refractivity contribution in [1.29, 1.82) is 0 Å². The molecule has 0 spiro atoms. The van der Waals surface area contributed by atoms with Gasteiger partial charge in [0, 0.05) is 12.7 Å². The standard InChI is InChI=1S/C11H16N4O3S/c1-4-15-10(5-6-12-15)7-13-19(16,17)11-8(2)14-18-9(11)3/h5-6,13H,4,7H2,1-3H3. The molecule has 0 aromatic carbocycles. The zero-order valence-corrected chi connectivity index (χ0v) is 11.9. The van der Waals surface area contributed by atoms with Crippen molar-refractivity contribution in [1.82, 2.24) is 19.7 Å². The summed E-state index contributed by atoms with van der Waals surface area (Å²) >= 11 is 0. The highest BCUT2D eigenvalue weighted by molar-refractivity contribution is 7.89. The van der Waals surface area contributed by atoms with Gasteiger partial charge in [0.1, 0.15) is 10.6 Å². The lowest BCUT2D eigenvalue weighted by Gasteiger charge is -2.07. The molecule has 19 heavy (non-hydrogen) atoms. The van der Waals surface area contributed by atoms with E-state index < -0.39 is 10.0 Å². The molecule has 1 N–H and O–H groups in total. The molecule has 2 rings (SSSR count). The van der Waals surface area contributed by atoms with Crippen LogP contribution >= 0.6 is 0 Å². The van der Waals surface area contributed by atoms with E-state index in [4.69, 9.17) is 4.52 Å². The van der Waals surface area contributed by atoms with E-state index >= 15 is 0 Å². The SMILES string of the molecule is CCn1nccc1CNS(=O)(=O)c1c(C)noc1C. The lowest BCUT2D eigenvalue weighted by atomic mass is 10.4. The number of hydrogen-bond acceptors (Lipinski definition) is 5. The summed E-state index contributed by atoms with van der Waals surface area (Å²) in [5, 5.41) is 7.73. The zero-order chi connectivity index (χ0) is 14.0. The molecular weight excluding hydrogens is 268 g/mol. The summed E-state index contributed by atoms with van der Waals surface area (Å²) in [6.45, 7) is 5.99. The van der Waals surface area contributed by atoms with Crippen molar-refractivity contribution in [2.75, 3.05) is 0 Å². The molecular formula is C11H16N4O3S. The average Bonchev–Trinajstić information content (AvgIpc) is 2.93. The Morgan fingerprint density at radius 1 is 1.42 bits per heavy atom. The Kier molecular flexibility index (Phi) is 3.72.